The maximum absolute atomic E-state index is 11.9. The van der Waals surface area contributed by atoms with Crippen LogP contribution in [0.25, 0.3) is 0 Å². The van der Waals surface area contributed by atoms with Crippen LogP contribution in [0.4, 0.5) is 0 Å². The van der Waals surface area contributed by atoms with Crippen molar-refractivity contribution in [3.63, 3.8) is 0 Å². The van der Waals surface area contributed by atoms with Gasteiger partial charge in [0.2, 0.25) is 5.91 Å². The third-order valence-corrected chi connectivity index (χ3v) is 2.80. The highest BCUT2D eigenvalue weighted by molar-refractivity contribution is 5.91. The summed E-state index contributed by atoms with van der Waals surface area (Å²) >= 11 is 0. The molecule has 0 saturated carbocycles. The van der Waals surface area contributed by atoms with Crippen molar-refractivity contribution in [1.29, 1.82) is 0 Å². The van der Waals surface area contributed by atoms with E-state index in [0.717, 1.165) is 12.8 Å². The molecule has 0 aromatic carbocycles. The van der Waals surface area contributed by atoms with Crippen molar-refractivity contribution in [2.24, 2.45) is 5.41 Å². The van der Waals surface area contributed by atoms with Gasteiger partial charge in [0.05, 0.1) is 0 Å². The van der Waals surface area contributed by atoms with Gasteiger partial charge in [-0.3, -0.25) is 4.79 Å². The van der Waals surface area contributed by atoms with E-state index >= 15 is 0 Å². The number of rotatable bonds is 2. The number of hydrogen-bond acceptors (Lipinski definition) is 2. The number of nitrogens with zero attached hydrogens (tertiary/aromatic N) is 1. The van der Waals surface area contributed by atoms with Crippen molar-refractivity contribution in [3.05, 3.63) is 12.2 Å². The minimum absolute atomic E-state index is 0.0653. The predicted octanol–water partition coefficient (Wildman–Crippen LogP) is 2.05. The second-order valence-electron chi connectivity index (χ2n) is 5.58. The SMILES string of the molecule is CC(C)(C)/C=C/C(=O)N1CCCC[C@@H]1C(=O)O. The summed E-state index contributed by atoms with van der Waals surface area (Å²) in [7, 11) is 0. The molecule has 1 saturated heterocycles. The molecular formula is C13H21NO3. The number of carboxylic acids is 1. The van der Waals surface area contributed by atoms with E-state index in [1.54, 1.807) is 0 Å². The van der Waals surface area contributed by atoms with Gasteiger partial charge in [0.1, 0.15) is 6.04 Å². The molecule has 0 bridgehead atoms. The van der Waals surface area contributed by atoms with Crippen molar-refractivity contribution in [3.8, 4) is 0 Å². The van der Waals surface area contributed by atoms with Gasteiger partial charge in [0.25, 0.3) is 0 Å². The van der Waals surface area contributed by atoms with E-state index in [4.69, 9.17) is 5.11 Å². The maximum Gasteiger partial charge on any atom is 0.326 e. The molecule has 1 rings (SSSR count). The van der Waals surface area contributed by atoms with E-state index in [1.165, 1.54) is 11.0 Å². The smallest absolute Gasteiger partial charge is 0.326 e. The minimum atomic E-state index is -0.901. The van der Waals surface area contributed by atoms with Crippen molar-refractivity contribution >= 4 is 11.9 Å². The van der Waals surface area contributed by atoms with E-state index in [2.05, 4.69) is 0 Å². The molecule has 0 spiro atoms. The number of allylic oxidation sites excluding steroid dienone is 1. The largest absolute Gasteiger partial charge is 0.480 e. The van der Waals surface area contributed by atoms with E-state index in [-0.39, 0.29) is 11.3 Å². The fourth-order valence-electron chi connectivity index (χ4n) is 1.87. The quantitative estimate of drug-likeness (QED) is 0.750. The molecule has 17 heavy (non-hydrogen) atoms. The van der Waals surface area contributed by atoms with Gasteiger partial charge in [-0.05, 0) is 30.8 Å². The van der Waals surface area contributed by atoms with Crippen LogP contribution in [0.3, 0.4) is 0 Å². The monoisotopic (exact) mass is 239 g/mol. The number of carbonyl (C=O) groups excluding carboxylic acids is 1. The Morgan fingerprint density at radius 3 is 2.47 bits per heavy atom. The van der Waals surface area contributed by atoms with Crippen LogP contribution < -0.4 is 0 Å². The van der Waals surface area contributed by atoms with Gasteiger partial charge in [-0.25, -0.2) is 4.79 Å². The van der Waals surface area contributed by atoms with Crippen LogP contribution in [0.1, 0.15) is 40.0 Å². The standard InChI is InChI=1S/C13H21NO3/c1-13(2,3)8-7-11(15)14-9-5-4-6-10(14)12(16)17/h7-8,10H,4-6,9H2,1-3H3,(H,16,17)/b8-7+/t10-/m1/s1. The number of piperidine rings is 1. The first-order chi connectivity index (χ1) is 7.81. The normalized spacial score (nSPS) is 21.8. The number of amides is 1. The number of carboxylic acid groups (broad SMARTS) is 1. The molecule has 0 unspecified atom stereocenters. The summed E-state index contributed by atoms with van der Waals surface area (Å²) in [4.78, 5) is 24.5. The third kappa shape index (κ3) is 4.21. The number of aliphatic carboxylic acids is 1. The van der Waals surface area contributed by atoms with Crippen LogP contribution in [-0.2, 0) is 9.59 Å². The molecule has 1 aliphatic rings. The van der Waals surface area contributed by atoms with Gasteiger partial charge < -0.3 is 10.0 Å². The maximum atomic E-state index is 11.9. The fraction of sp³-hybridized carbons (Fsp3) is 0.692. The zero-order chi connectivity index (χ0) is 13.1. The molecule has 1 amide bonds. The highest BCUT2D eigenvalue weighted by Crippen LogP contribution is 2.19. The molecule has 1 aliphatic heterocycles. The Morgan fingerprint density at radius 1 is 1.29 bits per heavy atom. The lowest BCUT2D eigenvalue weighted by Gasteiger charge is -2.32. The summed E-state index contributed by atoms with van der Waals surface area (Å²) < 4.78 is 0. The van der Waals surface area contributed by atoms with Gasteiger partial charge in [0.15, 0.2) is 0 Å². The fourth-order valence-corrected chi connectivity index (χ4v) is 1.87. The van der Waals surface area contributed by atoms with Crippen LogP contribution >= 0.6 is 0 Å². The Labute approximate surface area is 102 Å². The van der Waals surface area contributed by atoms with Crippen LogP contribution in [-0.4, -0.2) is 34.5 Å². The molecule has 4 nitrogen and oxygen atoms in total. The lowest BCUT2D eigenvalue weighted by molar-refractivity contribution is -0.150. The zero-order valence-corrected chi connectivity index (χ0v) is 10.8. The Morgan fingerprint density at radius 2 is 1.94 bits per heavy atom. The van der Waals surface area contributed by atoms with Crippen LogP contribution in [0.15, 0.2) is 12.2 Å². The average molecular weight is 239 g/mol. The Bertz CT molecular complexity index is 328. The topological polar surface area (TPSA) is 57.6 Å². The Kier molecular flexibility index (Phi) is 4.32. The summed E-state index contributed by atoms with van der Waals surface area (Å²) in [5.74, 6) is -1.09. The summed E-state index contributed by atoms with van der Waals surface area (Å²) in [6.07, 6.45) is 5.65. The lowest BCUT2D eigenvalue weighted by Crippen LogP contribution is -2.47. The number of hydrogen-bond donors (Lipinski definition) is 1. The molecule has 1 N–H and O–H groups in total. The molecule has 1 atom stereocenters. The summed E-state index contributed by atoms with van der Waals surface area (Å²) in [5.41, 5.74) is -0.0653. The summed E-state index contributed by atoms with van der Waals surface area (Å²) in [6.45, 7) is 6.55. The highest BCUT2D eigenvalue weighted by Gasteiger charge is 2.30. The van der Waals surface area contributed by atoms with Gasteiger partial charge in [-0.2, -0.15) is 0 Å². The molecule has 0 aliphatic carbocycles. The van der Waals surface area contributed by atoms with Crippen LogP contribution in [0, 0.1) is 5.41 Å². The van der Waals surface area contributed by atoms with Gasteiger partial charge >= 0.3 is 5.97 Å². The molecule has 1 fully saturated rings. The first-order valence-electron chi connectivity index (χ1n) is 6.04. The molecule has 0 radical (unpaired) electrons. The molecule has 0 aromatic rings. The van der Waals surface area contributed by atoms with E-state index in [1.807, 2.05) is 26.8 Å². The van der Waals surface area contributed by atoms with E-state index in [0.29, 0.717) is 13.0 Å². The van der Waals surface area contributed by atoms with Crippen LogP contribution in [0.5, 0.6) is 0 Å². The van der Waals surface area contributed by atoms with Crippen molar-refractivity contribution < 1.29 is 14.7 Å². The molecular weight excluding hydrogens is 218 g/mol. The predicted molar refractivity (Wildman–Crippen MR) is 65.6 cm³/mol. The molecule has 1 heterocycles. The minimum Gasteiger partial charge on any atom is -0.480 e. The van der Waals surface area contributed by atoms with Crippen molar-refractivity contribution in [1.82, 2.24) is 4.90 Å². The highest BCUT2D eigenvalue weighted by atomic mass is 16.4. The summed E-state index contributed by atoms with van der Waals surface area (Å²) in [5, 5.41) is 9.07. The number of likely N-dealkylation sites (tertiary alicyclic amines) is 1. The van der Waals surface area contributed by atoms with E-state index in [9.17, 15) is 9.59 Å². The lowest BCUT2D eigenvalue weighted by atomic mass is 9.96. The molecule has 0 aromatic heterocycles. The second-order valence-corrected chi connectivity index (χ2v) is 5.58. The Hall–Kier alpha value is -1.32. The van der Waals surface area contributed by atoms with Crippen LogP contribution in [0.2, 0.25) is 0 Å². The first kappa shape index (κ1) is 13.7. The molecule has 96 valence electrons. The summed E-state index contributed by atoms with van der Waals surface area (Å²) in [6, 6.07) is -0.652. The first-order valence-corrected chi connectivity index (χ1v) is 6.04. The third-order valence-electron chi connectivity index (χ3n) is 2.80. The zero-order valence-electron chi connectivity index (χ0n) is 10.8. The van der Waals surface area contributed by atoms with Gasteiger partial charge in [-0.1, -0.05) is 26.8 Å². The molecule has 4 heteroatoms. The second kappa shape index (κ2) is 5.34. The average Bonchev–Trinajstić information content (AvgIpc) is 2.25. The van der Waals surface area contributed by atoms with E-state index < -0.39 is 12.0 Å². The van der Waals surface area contributed by atoms with Crippen molar-refractivity contribution in [2.75, 3.05) is 6.54 Å². The Balaban J connectivity index is 2.72. The van der Waals surface area contributed by atoms with Gasteiger partial charge in [0, 0.05) is 6.54 Å². The number of carbonyl (C=O) groups is 2. The van der Waals surface area contributed by atoms with Gasteiger partial charge in [-0.15, -0.1) is 0 Å². The van der Waals surface area contributed by atoms with Crippen molar-refractivity contribution in [2.45, 2.75) is 46.1 Å².